The van der Waals surface area contributed by atoms with Gasteiger partial charge in [-0.2, -0.15) is 0 Å². The number of hydrogen-bond acceptors (Lipinski definition) is 4. The van der Waals surface area contributed by atoms with Crippen LogP contribution in [-0.4, -0.2) is 36.1 Å². The molecule has 0 spiro atoms. The molecule has 0 aliphatic heterocycles. The van der Waals surface area contributed by atoms with E-state index in [0.717, 1.165) is 5.56 Å². The first-order valence-corrected chi connectivity index (χ1v) is 4.99. The van der Waals surface area contributed by atoms with E-state index in [0.29, 0.717) is 12.2 Å². The monoisotopic (exact) mass is 223 g/mol. The van der Waals surface area contributed by atoms with Gasteiger partial charge in [-0.15, -0.1) is 0 Å². The molecule has 1 aromatic rings. The number of primary amides is 1. The molecule has 5 nitrogen and oxygen atoms in total. The second-order valence-corrected chi connectivity index (χ2v) is 3.85. The van der Waals surface area contributed by atoms with Crippen LogP contribution in [0.5, 0.6) is 0 Å². The fourth-order valence-electron chi connectivity index (χ4n) is 1.50. The summed E-state index contributed by atoms with van der Waals surface area (Å²) in [5.74, 6) is -0.415. The summed E-state index contributed by atoms with van der Waals surface area (Å²) in [5, 5.41) is 9.88. The number of rotatable bonds is 5. The second kappa shape index (κ2) is 5.48. The van der Waals surface area contributed by atoms with E-state index in [1.54, 1.807) is 36.2 Å². The number of benzene rings is 1. The Kier molecular flexibility index (Phi) is 4.28. The van der Waals surface area contributed by atoms with Gasteiger partial charge in [0.15, 0.2) is 0 Å². The third kappa shape index (κ3) is 3.88. The molecule has 1 aromatic carbocycles. The van der Waals surface area contributed by atoms with Gasteiger partial charge in [0.1, 0.15) is 0 Å². The van der Waals surface area contributed by atoms with E-state index in [2.05, 4.69) is 0 Å². The van der Waals surface area contributed by atoms with Gasteiger partial charge in [-0.3, -0.25) is 9.69 Å². The van der Waals surface area contributed by atoms with Gasteiger partial charge in [-0.1, -0.05) is 12.1 Å². The van der Waals surface area contributed by atoms with Crippen LogP contribution in [0.2, 0.25) is 0 Å². The summed E-state index contributed by atoms with van der Waals surface area (Å²) >= 11 is 0. The van der Waals surface area contributed by atoms with Crippen molar-refractivity contribution in [2.24, 2.45) is 5.73 Å². The summed E-state index contributed by atoms with van der Waals surface area (Å²) in [5.41, 5.74) is 12.0. The number of nitrogen functional groups attached to an aromatic ring is 1. The van der Waals surface area contributed by atoms with E-state index in [9.17, 15) is 9.90 Å². The van der Waals surface area contributed by atoms with Crippen LogP contribution in [0.3, 0.4) is 0 Å². The highest BCUT2D eigenvalue weighted by atomic mass is 16.3. The largest absolute Gasteiger partial charge is 0.399 e. The molecule has 16 heavy (non-hydrogen) atoms. The Balaban J connectivity index is 2.58. The van der Waals surface area contributed by atoms with E-state index in [-0.39, 0.29) is 6.54 Å². The van der Waals surface area contributed by atoms with Gasteiger partial charge in [0.05, 0.1) is 12.6 Å². The van der Waals surface area contributed by atoms with E-state index in [4.69, 9.17) is 11.5 Å². The van der Waals surface area contributed by atoms with Crippen LogP contribution in [0.25, 0.3) is 0 Å². The molecule has 1 unspecified atom stereocenters. The van der Waals surface area contributed by atoms with Gasteiger partial charge in [-0.25, -0.2) is 0 Å². The van der Waals surface area contributed by atoms with Crippen LogP contribution in [0.1, 0.15) is 11.7 Å². The van der Waals surface area contributed by atoms with Crippen LogP contribution in [-0.2, 0) is 4.79 Å². The fraction of sp³-hybridized carbons (Fsp3) is 0.364. The number of amides is 1. The van der Waals surface area contributed by atoms with E-state index in [1.165, 1.54) is 0 Å². The van der Waals surface area contributed by atoms with E-state index in [1.807, 2.05) is 0 Å². The van der Waals surface area contributed by atoms with Crippen LogP contribution in [0.4, 0.5) is 5.69 Å². The third-order valence-electron chi connectivity index (χ3n) is 2.21. The zero-order valence-corrected chi connectivity index (χ0v) is 9.26. The Bertz CT molecular complexity index is 368. The van der Waals surface area contributed by atoms with Crippen LogP contribution in [0, 0.1) is 0 Å². The maximum absolute atomic E-state index is 10.7. The Morgan fingerprint density at radius 1 is 1.56 bits per heavy atom. The Hall–Kier alpha value is -1.59. The van der Waals surface area contributed by atoms with Gasteiger partial charge >= 0.3 is 0 Å². The number of carbonyl (C=O) groups excluding carboxylic acids is 1. The molecule has 0 saturated heterocycles. The SMILES string of the molecule is CN(CC(N)=O)CC(O)c1cccc(N)c1. The highest BCUT2D eigenvalue weighted by Gasteiger charge is 2.11. The summed E-state index contributed by atoms with van der Waals surface area (Å²) in [6.07, 6.45) is -0.673. The molecule has 0 fully saturated rings. The number of nitrogens with two attached hydrogens (primary N) is 2. The highest BCUT2D eigenvalue weighted by Crippen LogP contribution is 2.16. The van der Waals surface area contributed by atoms with Crippen LogP contribution >= 0.6 is 0 Å². The predicted octanol–water partition coefficient (Wildman–Crippen LogP) is -0.281. The average molecular weight is 223 g/mol. The van der Waals surface area contributed by atoms with Gasteiger partial charge in [0.2, 0.25) is 5.91 Å². The molecule has 0 radical (unpaired) electrons. The lowest BCUT2D eigenvalue weighted by Crippen LogP contribution is -2.33. The minimum atomic E-state index is -0.673. The zero-order valence-electron chi connectivity index (χ0n) is 9.26. The number of nitrogens with zero attached hydrogens (tertiary/aromatic N) is 1. The zero-order chi connectivity index (χ0) is 12.1. The summed E-state index contributed by atoms with van der Waals surface area (Å²) in [4.78, 5) is 12.3. The smallest absolute Gasteiger partial charge is 0.231 e. The van der Waals surface area contributed by atoms with Crippen molar-refractivity contribution in [1.29, 1.82) is 0 Å². The van der Waals surface area contributed by atoms with Gasteiger partial charge < -0.3 is 16.6 Å². The van der Waals surface area contributed by atoms with E-state index < -0.39 is 12.0 Å². The molecule has 1 amide bonds. The summed E-state index contributed by atoms with van der Waals surface area (Å²) in [6, 6.07) is 7.03. The van der Waals surface area contributed by atoms with Gasteiger partial charge in [0, 0.05) is 12.2 Å². The lowest BCUT2D eigenvalue weighted by molar-refractivity contribution is -0.119. The van der Waals surface area contributed by atoms with E-state index >= 15 is 0 Å². The number of carbonyl (C=O) groups is 1. The Labute approximate surface area is 94.7 Å². The first-order chi connectivity index (χ1) is 7.49. The Morgan fingerprint density at radius 3 is 2.81 bits per heavy atom. The third-order valence-corrected chi connectivity index (χ3v) is 2.21. The molecule has 5 N–H and O–H groups in total. The summed E-state index contributed by atoms with van der Waals surface area (Å²) in [6.45, 7) is 0.464. The number of hydrogen-bond donors (Lipinski definition) is 3. The van der Waals surface area contributed by atoms with Crippen molar-refractivity contribution in [2.75, 3.05) is 25.9 Å². The first kappa shape index (κ1) is 12.5. The molecule has 0 bridgehead atoms. The van der Waals surface area contributed by atoms with Crippen molar-refractivity contribution in [3.63, 3.8) is 0 Å². The van der Waals surface area contributed by atoms with Gasteiger partial charge in [0.25, 0.3) is 0 Å². The highest BCUT2D eigenvalue weighted by molar-refractivity contribution is 5.75. The van der Waals surface area contributed by atoms with Crippen molar-refractivity contribution in [1.82, 2.24) is 4.90 Å². The summed E-state index contributed by atoms with van der Waals surface area (Å²) in [7, 11) is 1.72. The van der Waals surface area contributed by atoms with Crippen molar-refractivity contribution in [2.45, 2.75) is 6.10 Å². The number of likely N-dealkylation sites (N-methyl/N-ethyl adjacent to an activating group) is 1. The van der Waals surface area contributed by atoms with Crippen molar-refractivity contribution in [3.05, 3.63) is 29.8 Å². The molecule has 0 heterocycles. The molecule has 0 aliphatic carbocycles. The van der Waals surface area contributed by atoms with Gasteiger partial charge in [-0.05, 0) is 24.7 Å². The minimum Gasteiger partial charge on any atom is -0.399 e. The van der Waals surface area contributed by atoms with Crippen molar-refractivity contribution >= 4 is 11.6 Å². The topological polar surface area (TPSA) is 92.6 Å². The predicted molar refractivity (Wildman–Crippen MR) is 62.5 cm³/mol. The van der Waals surface area contributed by atoms with Crippen molar-refractivity contribution in [3.8, 4) is 0 Å². The molecule has 1 atom stereocenters. The second-order valence-electron chi connectivity index (χ2n) is 3.85. The molecular weight excluding hydrogens is 206 g/mol. The molecule has 88 valence electrons. The van der Waals surface area contributed by atoms with Crippen molar-refractivity contribution < 1.29 is 9.90 Å². The minimum absolute atomic E-state index is 0.124. The average Bonchev–Trinajstić information content (AvgIpc) is 2.16. The lowest BCUT2D eigenvalue weighted by Gasteiger charge is -2.19. The Morgan fingerprint density at radius 2 is 2.25 bits per heavy atom. The standard InChI is InChI=1S/C11H17N3O2/c1-14(7-11(13)16)6-10(15)8-3-2-4-9(12)5-8/h2-5,10,15H,6-7,12H2,1H3,(H2,13,16). The lowest BCUT2D eigenvalue weighted by atomic mass is 10.1. The fourth-order valence-corrected chi connectivity index (χ4v) is 1.50. The molecule has 0 aliphatic rings. The number of aliphatic hydroxyl groups is 1. The normalized spacial score (nSPS) is 12.7. The molecule has 1 rings (SSSR count). The molecule has 0 saturated carbocycles. The maximum Gasteiger partial charge on any atom is 0.231 e. The maximum atomic E-state index is 10.7. The van der Waals surface area contributed by atoms with Crippen LogP contribution in [0.15, 0.2) is 24.3 Å². The molecule has 5 heteroatoms. The first-order valence-electron chi connectivity index (χ1n) is 4.99. The van der Waals surface area contributed by atoms with Crippen LogP contribution < -0.4 is 11.5 Å². The number of aliphatic hydroxyl groups excluding tert-OH is 1. The summed E-state index contributed by atoms with van der Waals surface area (Å²) < 4.78 is 0. The quantitative estimate of drug-likeness (QED) is 0.598. The number of anilines is 1. The molecular formula is C11H17N3O2. The molecule has 0 aromatic heterocycles.